The highest BCUT2D eigenvalue weighted by molar-refractivity contribution is 7.89. The van der Waals surface area contributed by atoms with Crippen molar-refractivity contribution in [3.63, 3.8) is 0 Å². The highest BCUT2D eigenvalue weighted by Gasteiger charge is 2.26. The summed E-state index contributed by atoms with van der Waals surface area (Å²) in [6.45, 7) is 5.93. The maximum atomic E-state index is 12.6. The number of aryl methyl sites for hydroxylation is 1. The number of hydrogen-bond acceptors (Lipinski definition) is 3. The predicted molar refractivity (Wildman–Crippen MR) is 92.0 cm³/mol. The minimum Gasteiger partial charge on any atom is -0.337 e. The first kappa shape index (κ1) is 17.9. The molecule has 1 aromatic rings. The lowest BCUT2D eigenvalue weighted by Crippen LogP contribution is -2.38. The van der Waals surface area contributed by atoms with Crippen molar-refractivity contribution < 1.29 is 13.2 Å². The Kier molecular flexibility index (Phi) is 6.18. The van der Waals surface area contributed by atoms with Crippen LogP contribution in [0.5, 0.6) is 0 Å². The van der Waals surface area contributed by atoms with Crippen molar-refractivity contribution in [1.29, 1.82) is 0 Å². The van der Waals surface area contributed by atoms with Crippen LogP contribution in [0.4, 0.5) is 0 Å². The number of carbonyl (C=O) groups is 1. The molecule has 5 nitrogen and oxygen atoms in total. The molecule has 0 unspecified atom stereocenters. The second-order valence-electron chi connectivity index (χ2n) is 6.08. The van der Waals surface area contributed by atoms with E-state index in [-0.39, 0.29) is 11.7 Å². The number of carbonyl (C=O) groups excluding carboxylic acids is 1. The van der Waals surface area contributed by atoms with Crippen LogP contribution in [0.15, 0.2) is 24.3 Å². The largest absolute Gasteiger partial charge is 0.337 e. The van der Waals surface area contributed by atoms with Gasteiger partial charge in [0.05, 0.1) is 5.75 Å². The molecule has 6 heteroatoms. The Balaban J connectivity index is 2.00. The normalized spacial score (nSPS) is 17.0. The second-order valence-corrected chi connectivity index (χ2v) is 8.17. The first-order chi connectivity index (χ1) is 10.9. The fraction of sp³-hybridized carbons (Fsp3) is 0.588. The average molecular weight is 338 g/mol. The molecule has 0 aliphatic carbocycles. The first-order valence-electron chi connectivity index (χ1n) is 8.28. The van der Waals surface area contributed by atoms with Gasteiger partial charge in [0.1, 0.15) is 0 Å². The van der Waals surface area contributed by atoms with E-state index < -0.39 is 10.0 Å². The molecule has 23 heavy (non-hydrogen) atoms. The van der Waals surface area contributed by atoms with Gasteiger partial charge in [-0.3, -0.25) is 4.79 Å². The van der Waals surface area contributed by atoms with E-state index in [0.29, 0.717) is 44.6 Å². The molecular weight excluding hydrogens is 312 g/mol. The van der Waals surface area contributed by atoms with Crippen molar-refractivity contribution in [2.75, 3.05) is 31.9 Å². The lowest BCUT2D eigenvalue weighted by Gasteiger charge is -2.22. The zero-order valence-corrected chi connectivity index (χ0v) is 14.8. The number of hydrogen-bond donors (Lipinski definition) is 0. The quantitative estimate of drug-likeness (QED) is 0.827. The molecule has 0 spiro atoms. The van der Waals surface area contributed by atoms with Gasteiger partial charge in [0.15, 0.2) is 0 Å². The molecule has 0 atom stereocenters. The van der Waals surface area contributed by atoms with Gasteiger partial charge in [-0.2, -0.15) is 0 Å². The molecule has 1 aromatic carbocycles. The molecule has 1 fully saturated rings. The van der Waals surface area contributed by atoms with Gasteiger partial charge < -0.3 is 4.90 Å². The van der Waals surface area contributed by atoms with E-state index in [0.717, 1.165) is 12.0 Å². The molecule has 0 radical (unpaired) electrons. The molecule has 1 amide bonds. The summed E-state index contributed by atoms with van der Waals surface area (Å²) >= 11 is 0. The fourth-order valence-electron chi connectivity index (χ4n) is 2.71. The van der Waals surface area contributed by atoms with E-state index in [1.54, 1.807) is 9.21 Å². The van der Waals surface area contributed by atoms with Crippen LogP contribution in [0, 0.1) is 6.92 Å². The Bertz CT molecular complexity index is 626. The zero-order valence-electron chi connectivity index (χ0n) is 14.0. The van der Waals surface area contributed by atoms with Gasteiger partial charge in [-0.25, -0.2) is 12.7 Å². The SMILES string of the molecule is CCCCS(=O)(=O)N1CCCN(C(=O)c2ccc(C)cc2)CC1. The van der Waals surface area contributed by atoms with Gasteiger partial charge in [0, 0.05) is 31.7 Å². The van der Waals surface area contributed by atoms with Crippen LogP contribution in [-0.2, 0) is 10.0 Å². The monoisotopic (exact) mass is 338 g/mol. The molecule has 1 heterocycles. The standard InChI is InChI=1S/C17H26N2O3S/c1-3-4-14-23(21,22)19-11-5-10-18(12-13-19)17(20)16-8-6-15(2)7-9-16/h6-9H,3-5,10-14H2,1-2H3. The van der Waals surface area contributed by atoms with Crippen molar-refractivity contribution in [1.82, 2.24) is 9.21 Å². The molecule has 0 N–H and O–H groups in total. The van der Waals surface area contributed by atoms with Gasteiger partial charge in [0.2, 0.25) is 10.0 Å². The first-order valence-corrected chi connectivity index (χ1v) is 9.88. The van der Waals surface area contributed by atoms with E-state index in [9.17, 15) is 13.2 Å². The third kappa shape index (κ3) is 4.78. The molecule has 2 rings (SSSR count). The number of amides is 1. The summed E-state index contributed by atoms with van der Waals surface area (Å²) in [6, 6.07) is 7.51. The summed E-state index contributed by atoms with van der Waals surface area (Å²) < 4.78 is 26.2. The van der Waals surface area contributed by atoms with E-state index in [4.69, 9.17) is 0 Å². The Hall–Kier alpha value is -1.40. The summed E-state index contributed by atoms with van der Waals surface area (Å²) in [5.41, 5.74) is 1.78. The average Bonchev–Trinajstić information content (AvgIpc) is 2.79. The predicted octanol–water partition coefficient (Wildman–Crippen LogP) is 2.27. The van der Waals surface area contributed by atoms with Crippen LogP contribution in [-0.4, -0.2) is 55.5 Å². The summed E-state index contributed by atoms with van der Waals surface area (Å²) in [7, 11) is -3.19. The van der Waals surface area contributed by atoms with Crippen LogP contribution in [0.1, 0.15) is 42.1 Å². The lowest BCUT2D eigenvalue weighted by molar-refractivity contribution is 0.0764. The summed E-state index contributed by atoms with van der Waals surface area (Å²) in [4.78, 5) is 14.3. The topological polar surface area (TPSA) is 57.7 Å². The third-order valence-corrected chi connectivity index (χ3v) is 6.15. The number of unbranched alkanes of at least 4 members (excludes halogenated alkanes) is 1. The Morgan fingerprint density at radius 2 is 1.78 bits per heavy atom. The second kappa shape index (κ2) is 7.93. The highest BCUT2D eigenvalue weighted by Crippen LogP contribution is 2.13. The van der Waals surface area contributed by atoms with E-state index in [1.807, 2.05) is 38.1 Å². The molecule has 1 saturated heterocycles. The van der Waals surface area contributed by atoms with Crippen LogP contribution in [0.3, 0.4) is 0 Å². The van der Waals surface area contributed by atoms with Crippen molar-refractivity contribution in [2.24, 2.45) is 0 Å². The molecule has 0 saturated carbocycles. The minimum absolute atomic E-state index is 0.0159. The van der Waals surface area contributed by atoms with Crippen LogP contribution in [0.2, 0.25) is 0 Å². The molecular formula is C17H26N2O3S. The van der Waals surface area contributed by atoms with Crippen LogP contribution < -0.4 is 0 Å². The summed E-state index contributed by atoms with van der Waals surface area (Å²) in [6.07, 6.45) is 2.24. The van der Waals surface area contributed by atoms with Gasteiger partial charge in [-0.05, 0) is 31.9 Å². The van der Waals surface area contributed by atoms with Crippen molar-refractivity contribution in [2.45, 2.75) is 33.1 Å². The number of sulfonamides is 1. The van der Waals surface area contributed by atoms with Gasteiger partial charge >= 0.3 is 0 Å². The maximum absolute atomic E-state index is 12.6. The van der Waals surface area contributed by atoms with Crippen molar-refractivity contribution >= 4 is 15.9 Å². The number of benzene rings is 1. The van der Waals surface area contributed by atoms with Gasteiger partial charge in [0.25, 0.3) is 5.91 Å². The van der Waals surface area contributed by atoms with Gasteiger partial charge in [-0.1, -0.05) is 31.0 Å². The number of nitrogens with zero attached hydrogens (tertiary/aromatic N) is 2. The highest BCUT2D eigenvalue weighted by atomic mass is 32.2. The molecule has 0 aromatic heterocycles. The van der Waals surface area contributed by atoms with E-state index in [1.165, 1.54) is 0 Å². The lowest BCUT2D eigenvalue weighted by atomic mass is 10.1. The van der Waals surface area contributed by atoms with Crippen molar-refractivity contribution in [3.8, 4) is 0 Å². The van der Waals surface area contributed by atoms with Crippen molar-refractivity contribution in [3.05, 3.63) is 35.4 Å². The summed E-state index contributed by atoms with van der Waals surface area (Å²) in [5, 5.41) is 0. The van der Waals surface area contributed by atoms with Crippen LogP contribution in [0.25, 0.3) is 0 Å². The van der Waals surface area contributed by atoms with E-state index >= 15 is 0 Å². The van der Waals surface area contributed by atoms with Crippen LogP contribution >= 0.6 is 0 Å². The Morgan fingerprint density at radius 1 is 1.09 bits per heavy atom. The third-order valence-electron chi connectivity index (χ3n) is 4.19. The fourth-order valence-corrected chi connectivity index (χ4v) is 4.39. The van der Waals surface area contributed by atoms with E-state index in [2.05, 4.69) is 0 Å². The Labute approximate surface area is 139 Å². The molecule has 1 aliphatic rings. The molecule has 0 bridgehead atoms. The molecule has 128 valence electrons. The smallest absolute Gasteiger partial charge is 0.253 e. The summed E-state index contributed by atoms with van der Waals surface area (Å²) in [5.74, 6) is 0.188. The maximum Gasteiger partial charge on any atom is 0.253 e. The Morgan fingerprint density at radius 3 is 2.43 bits per heavy atom. The zero-order chi connectivity index (χ0) is 16.9. The number of rotatable bonds is 5. The molecule has 1 aliphatic heterocycles. The minimum atomic E-state index is -3.19. The van der Waals surface area contributed by atoms with Gasteiger partial charge in [-0.15, -0.1) is 0 Å².